The van der Waals surface area contributed by atoms with E-state index in [1.807, 2.05) is 18.2 Å². The number of nitriles is 1. The molecule has 0 amide bonds. The molecule has 5 aromatic rings. The highest BCUT2D eigenvalue weighted by atomic mass is 16.5. The van der Waals surface area contributed by atoms with Crippen LogP contribution in [0, 0.1) is 16.7 Å². The Hall–Kier alpha value is -4.28. The molecule has 2 saturated heterocycles. The largest absolute Gasteiger partial charge is 0.497 e. The van der Waals surface area contributed by atoms with E-state index in [-0.39, 0.29) is 0 Å². The summed E-state index contributed by atoms with van der Waals surface area (Å²) in [4.78, 5) is 8.75. The van der Waals surface area contributed by atoms with Gasteiger partial charge in [0, 0.05) is 53.6 Å². The molecule has 0 radical (unpaired) electrons. The zero-order valence-corrected chi connectivity index (χ0v) is 21.5. The second-order valence-corrected chi connectivity index (χ2v) is 10.8. The number of rotatable bonds is 5. The zero-order valence-electron chi connectivity index (χ0n) is 21.5. The van der Waals surface area contributed by atoms with Gasteiger partial charge in [-0.25, -0.2) is 0 Å². The number of benzene rings is 3. The first-order valence-corrected chi connectivity index (χ1v) is 13.2. The highest BCUT2D eigenvalue weighted by Gasteiger charge is 2.43. The lowest BCUT2D eigenvalue weighted by atomic mass is 9.86. The van der Waals surface area contributed by atoms with Crippen molar-refractivity contribution in [2.24, 2.45) is 5.41 Å². The predicted octanol–water partition coefficient (Wildman–Crippen LogP) is 5.69. The van der Waals surface area contributed by atoms with Gasteiger partial charge in [0.25, 0.3) is 0 Å². The smallest absolute Gasteiger partial charge is 0.119 e. The van der Waals surface area contributed by atoms with Gasteiger partial charge in [0.15, 0.2) is 0 Å². The Morgan fingerprint density at radius 1 is 0.974 bits per heavy atom. The summed E-state index contributed by atoms with van der Waals surface area (Å²) >= 11 is 0. The first kappa shape index (κ1) is 22.9. The van der Waals surface area contributed by atoms with Crippen LogP contribution in [0.4, 0.5) is 5.69 Å². The van der Waals surface area contributed by atoms with Crippen LogP contribution in [-0.2, 0) is 6.54 Å². The van der Waals surface area contributed by atoms with Gasteiger partial charge in [-0.15, -0.1) is 0 Å². The van der Waals surface area contributed by atoms with E-state index < -0.39 is 0 Å². The third-order valence-corrected chi connectivity index (χ3v) is 8.49. The Morgan fingerprint density at radius 2 is 1.84 bits per heavy atom. The van der Waals surface area contributed by atoms with Crippen LogP contribution in [0.25, 0.3) is 33.2 Å². The van der Waals surface area contributed by atoms with E-state index in [1.165, 1.54) is 29.5 Å². The van der Waals surface area contributed by atoms with Crippen molar-refractivity contribution in [3.8, 4) is 23.2 Å². The van der Waals surface area contributed by atoms with Crippen molar-refractivity contribution < 1.29 is 4.74 Å². The third-order valence-electron chi connectivity index (χ3n) is 8.49. The van der Waals surface area contributed by atoms with E-state index >= 15 is 0 Å². The summed E-state index contributed by atoms with van der Waals surface area (Å²) in [6.07, 6.45) is 2.49. The van der Waals surface area contributed by atoms with E-state index in [9.17, 15) is 5.26 Å². The minimum absolute atomic E-state index is 0.368. The molecule has 7 rings (SSSR count). The molecule has 1 atom stereocenters. The fourth-order valence-corrected chi connectivity index (χ4v) is 6.46. The number of hydrogen-bond acceptors (Lipinski definition) is 5. The monoisotopic (exact) mass is 502 g/mol. The van der Waals surface area contributed by atoms with Crippen molar-refractivity contribution >= 4 is 27.5 Å². The van der Waals surface area contributed by atoms with Crippen LogP contribution in [0.15, 0.2) is 66.7 Å². The maximum atomic E-state index is 9.21. The average molecular weight is 503 g/mol. The Balaban J connectivity index is 1.10. The predicted molar refractivity (Wildman–Crippen MR) is 150 cm³/mol. The van der Waals surface area contributed by atoms with Gasteiger partial charge in [0.05, 0.1) is 30.0 Å². The molecule has 7 heteroatoms. The quantitative estimate of drug-likeness (QED) is 0.322. The molecule has 1 unspecified atom stereocenters. The number of aromatic amines is 2. The van der Waals surface area contributed by atoms with Crippen LogP contribution >= 0.6 is 0 Å². The number of methoxy groups -OCH3 is 1. The molecule has 4 heterocycles. The minimum Gasteiger partial charge on any atom is -0.497 e. The summed E-state index contributed by atoms with van der Waals surface area (Å²) in [7, 11) is 1.72. The maximum absolute atomic E-state index is 9.21. The molecule has 0 aliphatic carbocycles. The van der Waals surface area contributed by atoms with Crippen molar-refractivity contribution in [3.63, 3.8) is 0 Å². The van der Waals surface area contributed by atoms with E-state index in [2.05, 4.69) is 79.6 Å². The minimum atomic E-state index is 0.368. The number of fused-ring (bicyclic) bond motifs is 2. The summed E-state index contributed by atoms with van der Waals surface area (Å²) in [5.41, 5.74) is 7.52. The molecule has 1 spiro atoms. The van der Waals surface area contributed by atoms with Crippen LogP contribution in [0.1, 0.15) is 24.0 Å². The molecule has 0 saturated carbocycles. The second-order valence-electron chi connectivity index (χ2n) is 10.8. The summed E-state index contributed by atoms with van der Waals surface area (Å²) < 4.78 is 5.33. The first-order valence-electron chi connectivity index (χ1n) is 13.2. The summed E-state index contributed by atoms with van der Waals surface area (Å²) in [5.74, 6) is 0.908. The Morgan fingerprint density at radius 3 is 2.68 bits per heavy atom. The van der Waals surface area contributed by atoms with Gasteiger partial charge >= 0.3 is 0 Å². The summed E-state index contributed by atoms with van der Waals surface area (Å²) in [5, 5.41) is 19.1. The van der Waals surface area contributed by atoms with Crippen LogP contribution in [0.2, 0.25) is 0 Å². The Bertz CT molecular complexity index is 1680. The number of nitrogens with zero attached hydrogens (tertiary/aromatic N) is 4. The zero-order chi connectivity index (χ0) is 25.7. The summed E-state index contributed by atoms with van der Waals surface area (Å²) in [6, 6.07) is 25.1. The number of ether oxygens (including phenoxy) is 1. The van der Waals surface area contributed by atoms with Crippen LogP contribution in [0.5, 0.6) is 5.75 Å². The van der Waals surface area contributed by atoms with Crippen molar-refractivity contribution in [1.82, 2.24) is 20.1 Å². The molecule has 2 aliphatic rings. The molecular formula is C31H30N6O. The number of nitrogens with one attached hydrogen (secondary N) is 2. The molecule has 190 valence electrons. The highest BCUT2D eigenvalue weighted by Crippen LogP contribution is 2.42. The SMILES string of the molecule is COc1ccc(N2CCC3(CCN(Cc4cccc5[nH]c(-c6n[nH]c7cc(C#N)ccc67)cc45)C3)C2)cc1. The van der Waals surface area contributed by atoms with Gasteiger partial charge in [-0.3, -0.25) is 10.00 Å². The lowest BCUT2D eigenvalue weighted by Gasteiger charge is -2.26. The first-order chi connectivity index (χ1) is 18.6. The number of H-pyrrole nitrogens is 2. The van der Waals surface area contributed by atoms with Gasteiger partial charge in [-0.2, -0.15) is 10.4 Å². The standard InChI is InChI=1S/C31H30N6O/c1-38-24-8-6-23(7-9-24)37-14-12-31(20-37)11-13-36(19-31)18-22-3-2-4-27-26(22)16-29(33-27)30-25-10-5-21(17-32)15-28(25)34-35-30/h2-10,15-16,33H,11-14,18-20H2,1H3,(H,34,35). The average Bonchev–Trinajstić information content (AvgIpc) is 3.75. The highest BCUT2D eigenvalue weighted by molar-refractivity contribution is 5.96. The molecule has 2 aliphatic heterocycles. The molecular weight excluding hydrogens is 472 g/mol. The summed E-state index contributed by atoms with van der Waals surface area (Å²) in [6.45, 7) is 5.46. The fourth-order valence-electron chi connectivity index (χ4n) is 6.46. The van der Waals surface area contributed by atoms with Crippen LogP contribution in [-0.4, -0.2) is 53.4 Å². The molecule has 38 heavy (non-hydrogen) atoms. The van der Waals surface area contributed by atoms with Crippen molar-refractivity contribution in [2.75, 3.05) is 38.2 Å². The Labute approximate surface area is 221 Å². The van der Waals surface area contributed by atoms with Crippen molar-refractivity contribution in [1.29, 1.82) is 5.26 Å². The molecule has 2 aromatic heterocycles. The van der Waals surface area contributed by atoms with E-state index in [4.69, 9.17) is 4.74 Å². The maximum Gasteiger partial charge on any atom is 0.119 e. The van der Waals surface area contributed by atoms with Gasteiger partial charge < -0.3 is 14.6 Å². The van der Waals surface area contributed by atoms with Crippen molar-refractivity contribution in [2.45, 2.75) is 19.4 Å². The lowest BCUT2D eigenvalue weighted by molar-refractivity contribution is 0.271. The van der Waals surface area contributed by atoms with Gasteiger partial charge in [0.1, 0.15) is 11.4 Å². The molecule has 3 aromatic carbocycles. The second kappa shape index (κ2) is 8.93. The number of anilines is 1. The normalized spacial score (nSPS) is 19.6. The van der Waals surface area contributed by atoms with Gasteiger partial charge in [-0.05, 0) is 79.5 Å². The lowest BCUT2D eigenvalue weighted by Crippen LogP contribution is -2.30. The molecule has 7 nitrogen and oxygen atoms in total. The molecule has 2 fully saturated rings. The Kier molecular flexibility index (Phi) is 5.38. The van der Waals surface area contributed by atoms with Crippen molar-refractivity contribution in [3.05, 3.63) is 77.9 Å². The van der Waals surface area contributed by atoms with Crippen LogP contribution < -0.4 is 9.64 Å². The van der Waals surface area contributed by atoms with Gasteiger partial charge in [-0.1, -0.05) is 12.1 Å². The van der Waals surface area contributed by atoms with E-state index in [1.54, 1.807) is 7.11 Å². The topological polar surface area (TPSA) is 84.0 Å². The number of aromatic nitrogens is 3. The molecule has 0 bridgehead atoms. The van der Waals surface area contributed by atoms with E-state index in [0.717, 1.165) is 66.3 Å². The molecule has 2 N–H and O–H groups in total. The van der Waals surface area contributed by atoms with Gasteiger partial charge in [0.2, 0.25) is 0 Å². The number of likely N-dealkylation sites (tertiary alicyclic amines) is 1. The van der Waals surface area contributed by atoms with Crippen LogP contribution in [0.3, 0.4) is 0 Å². The fraction of sp³-hybridized carbons (Fsp3) is 0.290. The number of hydrogen-bond donors (Lipinski definition) is 2. The van der Waals surface area contributed by atoms with E-state index in [0.29, 0.717) is 11.0 Å². The third kappa shape index (κ3) is 3.89.